The monoisotopic (exact) mass is 317 g/mol. The lowest BCUT2D eigenvalue weighted by atomic mass is 10.1. The van der Waals surface area contributed by atoms with Crippen LogP contribution in [0.3, 0.4) is 0 Å². The second-order valence-corrected chi connectivity index (χ2v) is 7.24. The van der Waals surface area contributed by atoms with Gasteiger partial charge in [0.05, 0.1) is 0 Å². The van der Waals surface area contributed by atoms with Gasteiger partial charge in [-0.05, 0) is 39.0 Å². The second-order valence-electron chi connectivity index (χ2n) is 5.59. The first kappa shape index (κ1) is 17.5. The SMILES string of the molecule is CC(C)(C)NS(=O)(=O)c1cc(NC(=O)CCN)ccc1F. The molecule has 21 heavy (non-hydrogen) atoms. The van der Waals surface area contributed by atoms with Crippen LogP contribution in [0, 0.1) is 5.82 Å². The Morgan fingerprint density at radius 3 is 2.48 bits per heavy atom. The Kier molecular flexibility index (Phi) is 5.43. The number of halogens is 1. The van der Waals surface area contributed by atoms with Gasteiger partial charge in [0.15, 0.2) is 0 Å². The zero-order valence-corrected chi connectivity index (χ0v) is 13.1. The summed E-state index contributed by atoms with van der Waals surface area (Å²) in [5, 5.41) is 2.47. The lowest BCUT2D eigenvalue weighted by molar-refractivity contribution is -0.116. The lowest BCUT2D eigenvalue weighted by Crippen LogP contribution is -2.40. The van der Waals surface area contributed by atoms with Crippen LogP contribution in [0.4, 0.5) is 10.1 Å². The molecule has 0 spiro atoms. The molecule has 0 heterocycles. The van der Waals surface area contributed by atoms with Crippen LogP contribution in [0.1, 0.15) is 27.2 Å². The summed E-state index contributed by atoms with van der Waals surface area (Å²) < 4.78 is 40.4. The Labute approximate surface area is 124 Å². The molecule has 1 rings (SSSR count). The lowest BCUT2D eigenvalue weighted by Gasteiger charge is -2.20. The highest BCUT2D eigenvalue weighted by atomic mass is 32.2. The van der Waals surface area contributed by atoms with Crippen LogP contribution in [0.5, 0.6) is 0 Å². The number of amides is 1. The van der Waals surface area contributed by atoms with Crippen molar-refractivity contribution in [3.63, 3.8) is 0 Å². The van der Waals surface area contributed by atoms with Crippen molar-refractivity contribution in [1.29, 1.82) is 0 Å². The first-order valence-electron chi connectivity index (χ1n) is 6.38. The van der Waals surface area contributed by atoms with Crippen molar-refractivity contribution in [2.24, 2.45) is 5.73 Å². The van der Waals surface area contributed by atoms with E-state index >= 15 is 0 Å². The molecule has 0 aliphatic rings. The fourth-order valence-electron chi connectivity index (χ4n) is 1.60. The molecule has 0 aromatic heterocycles. The van der Waals surface area contributed by atoms with Gasteiger partial charge in [0.25, 0.3) is 0 Å². The van der Waals surface area contributed by atoms with E-state index in [4.69, 9.17) is 5.73 Å². The van der Waals surface area contributed by atoms with Gasteiger partial charge in [-0.25, -0.2) is 17.5 Å². The molecule has 4 N–H and O–H groups in total. The highest BCUT2D eigenvalue weighted by Gasteiger charge is 2.25. The largest absolute Gasteiger partial charge is 0.330 e. The van der Waals surface area contributed by atoms with E-state index in [1.165, 1.54) is 6.07 Å². The number of hydrogen-bond donors (Lipinski definition) is 3. The van der Waals surface area contributed by atoms with E-state index in [0.29, 0.717) is 0 Å². The minimum absolute atomic E-state index is 0.0969. The maximum atomic E-state index is 13.8. The Morgan fingerprint density at radius 1 is 1.33 bits per heavy atom. The van der Waals surface area contributed by atoms with Crippen molar-refractivity contribution in [2.75, 3.05) is 11.9 Å². The first-order chi connectivity index (χ1) is 9.55. The number of sulfonamides is 1. The van der Waals surface area contributed by atoms with Gasteiger partial charge in [-0.3, -0.25) is 4.79 Å². The molecule has 118 valence electrons. The molecule has 0 unspecified atom stereocenters. The molecule has 0 atom stereocenters. The zero-order valence-electron chi connectivity index (χ0n) is 12.2. The molecule has 0 radical (unpaired) electrons. The molecule has 0 saturated heterocycles. The summed E-state index contributed by atoms with van der Waals surface area (Å²) in [7, 11) is -4.02. The average molecular weight is 317 g/mol. The third-order valence-electron chi connectivity index (χ3n) is 2.32. The molecule has 8 heteroatoms. The van der Waals surface area contributed by atoms with Crippen molar-refractivity contribution in [3.05, 3.63) is 24.0 Å². The third-order valence-corrected chi connectivity index (χ3v) is 4.09. The normalized spacial score (nSPS) is 12.2. The molecule has 0 fully saturated rings. The van der Waals surface area contributed by atoms with E-state index in [-0.39, 0.29) is 24.6 Å². The topological polar surface area (TPSA) is 101 Å². The van der Waals surface area contributed by atoms with Crippen LogP contribution in [-0.4, -0.2) is 26.4 Å². The van der Waals surface area contributed by atoms with Gasteiger partial charge in [-0.1, -0.05) is 0 Å². The van der Waals surface area contributed by atoms with Crippen molar-refractivity contribution >= 4 is 21.6 Å². The zero-order chi connectivity index (χ0) is 16.3. The molecular weight excluding hydrogens is 297 g/mol. The van der Waals surface area contributed by atoms with Crippen LogP contribution in [0.2, 0.25) is 0 Å². The average Bonchev–Trinajstić information content (AvgIpc) is 2.28. The van der Waals surface area contributed by atoms with Gasteiger partial charge < -0.3 is 11.1 Å². The molecule has 0 bridgehead atoms. The van der Waals surface area contributed by atoms with E-state index < -0.39 is 26.3 Å². The number of carbonyl (C=O) groups excluding carboxylic acids is 1. The van der Waals surface area contributed by atoms with Crippen molar-refractivity contribution in [3.8, 4) is 0 Å². The number of nitrogens with one attached hydrogen (secondary N) is 2. The summed E-state index contributed by atoms with van der Waals surface area (Å²) in [6, 6.07) is 3.37. The summed E-state index contributed by atoms with van der Waals surface area (Å²) in [6.07, 6.45) is 0.0969. The smallest absolute Gasteiger partial charge is 0.244 e. The van der Waals surface area contributed by atoms with E-state index in [9.17, 15) is 17.6 Å². The molecule has 1 amide bonds. The number of hydrogen-bond acceptors (Lipinski definition) is 4. The Hall–Kier alpha value is -1.51. The molecule has 1 aromatic carbocycles. The number of rotatable bonds is 5. The number of nitrogens with two attached hydrogens (primary N) is 1. The van der Waals surface area contributed by atoms with E-state index in [1.54, 1.807) is 20.8 Å². The van der Waals surface area contributed by atoms with E-state index in [0.717, 1.165) is 12.1 Å². The Bertz CT molecular complexity index is 624. The molecule has 0 aliphatic carbocycles. The molecule has 0 saturated carbocycles. The van der Waals surface area contributed by atoms with Gasteiger partial charge in [0.2, 0.25) is 15.9 Å². The summed E-state index contributed by atoms with van der Waals surface area (Å²) in [5.74, 6) is -1.25. The Balaban J connectivity index is 3.10. The third kappa shape index (κ3) is 5.41. The summed E-state index contributed by atoms with van der Waals surface area (Å²) in [5.41, 5.74) is 4.70. The second kappa shape index (κ2) is 6.50. The first-order valence-corrected chi connectivity index (χ1v) is 7.87. The quantitative estimate of drug-likeness (QED) is 0.759. The van der Waals surface area contributed by atoms with Crippen LogP contribution in [0.25, 0.3) is 0 Å². The van der Waals surface area contributed by atoms with Gasteiger partial charge in [-0.15, -0.1) is 0 Å². The molecular formula is C13H20FN3O3S. The van der Waals surface area contributed by atoms with Gasteiger partial charge in [0, 0.05) is 24.2 Å². The van der Waals surface area contributed by atoms with Crippen LogP contribution < -0.4 is 15.8 Å². The highest BCUT2D eigenvalue weighted by Crippen LogP contribution is 2.21. The molecule has 0 aliphatic heterocycles. The fourth-order valence-corrected chi connectivity index (χ4v) is 3.12. The summed E-state index contributed by atoms with van der Waals surface area (Å²) in [4.78, 5) is 10.9. The highest BCUT2D eigenvalue weighted by molar-refractivity contribution is 7.89. The van der Waals surface area contributed by atoms with Crippen molar-refractivity contribution in [2.45, 2.75) is 37.6 Å². The Morgan fingerprint density at radius 2 is 1.95 bits per heavy atom. The maximum Gasteiger partial charge on any atom is 0.244 e. The van der Waals surface area contributed by atoms with Gasteiger partial charge in [0.1, 0.15) is 10.7 Å². The van der Waals surface area contributed by atoms with E-state index in [1.807, 2.05) is 0 Å². The minimum atomic E-state index is -4.02. The van der Waals surface area contributed by atoms with Crippen LogP contribution in [-0.2, 0) is 14.8 Å². The molecule has 6 nitrogen and oxygen atoms in total. The summed E-state index contributed by atoms with van der Waals surface area (Å²) in [6.45, 7) is 5.11. The fraction of sp³-hybridized carbons (Fsp3) is 0.462. The van der Waals surface area contributed by atoms with Gasteiger partial charge >= 0.3 is 0 Å². The number of benzene rings is 1. The number of anilines is 1. The van der Waals surface area contributed by atoms with Crippen molar-refractivity contribution in [1.82, 2.24) is 4.72 Å². The number of carbonyl (C=O) groups is 1. The van der Waals surface area contributed by atoms with Crippen molar-refractivity contribution < 1.29 is 17.6 Å². The predicted octanol–water partition coefficient (Wildman–Crippen LogP) is 1.19. The van der Waals surface area contributed by atoms with Crippen LogP contribution in [0.15, 0.2) is 23.1 Å². The predicted molar refractivity (Wildman–Crippen MR) is 78.8 cm³/mol. The van der Waals surface area contributed by atoms with E-state index in [2.05, 4.69) is 10.0 Å². The summed E-state index contributed by atoms with van der Waals surface area (Å²) >= 11 is 0. The van der Waals surface area contributed by atoms with Gasteiger partial charge in [-0.2, -0.15) is 0 Å². The standard InChI is InChI=1S/C13H20FN3O3S/c1-13(2,3)17-21(19,20)11-8-9(4-5-10(11)14)16-12(18)6-7-15/h4-5,8,17H,6-7,15H2,1-3H3,(H,16,18). The maximum absolute atomic E-state index is 13.8. The molecule has 1 aromatic rings. The van der Waals surface area contributed by atoms with Crippen LogP contribution >= 0.6 is 0 Å². The minimum Gasteiger partial charge on any atom is -0.330 e.